The van der Waals surface area contributed by atoms with Gasteiger partial charge in [-0.2, -0.15) is 0 Å². The minimum Gasteiger partial charge on any atom is -0.212 e. The van der Waals surface area contributed by atoms with E-state index in [-0.39, 0.29) is 11.8 Å². The van der Waals surface area contributed by atoms with Gasteiger partial charge < -0.3 is 0 Å². The van der Waals surface area contributed by atoms with Gasteiger partial charge in [0, 0.05) is 11.9 Å². The van der Waals surface area contributed by atoms with Gasteiger partial charge in [0.05, 0.1) is 5.75 Å². The predicted molar refractivity (Wildman–Crippen MR) is 68.4 cm³/mol. The Bertz CT molecular complexity index is 272. The van der Waals surface area contributed by atoms with Crippen LogP contribution in [0.3, 0.4) is 0 Å². The first-order valence-corrected chi connectivity index (χ1v) is 8.39. The molecule has 0 heterocycles. The van der Waals surface area contributed by atoms with Crippen LogP contribution in [0, 0.1) is 0 Å². The van der Waals surface area contributed by atoms with Crippen molar-refractivity contribution in [2.75, 3.05) is 11.6 Å². The van der Waals surface area contributed by atoms with E-state index in [0.29, 0.717) is 12.3 Å². The van der Waals surface area contributed by atoms with Crippen molar-refractivity contribution in [3.63, 3.8) is 0 Å². The number of nitrogens with one attached hydrogen (secondary N) is 1. The Kier molecular flexibility index (Phi) is 6.70. The standard InChI is InChI=1S/C11H22ClNO2S/c12-9-6-10-16(14,15)13-11-7-4-2-1-3-5-8-11/h11,13H,1-10H2. The third-order valence-electron chi connectivity index (χ3n) is 3.00. The van der Waals surface area contributed by atoms with Crippen molar-refractivity contribution >= 4 is 21.6 Å². The summed E-state index contributed by atoms with van der Waals surface area (Å²) in [7, 11) is -3.11. The van der Waals surface area contributed by atoms with Gasteiger partial charge in [-0.15, -0.1) is 11.6 Å². The van der Waals surface area contributed by atoms with E-state index < -0.39 is 10.0 Å². The van der Waals surface area contributed by atoms with Gasteiger partial charge in [0.2, 0.25) is 10.0 Å². The van der Waals surface area contributed by atoms with E-state index in [2.05, 4.69) is 4.72 Å². The lowest BCUT2D eigenvalue weighted by Gasteiger charge is -2.20. The molecule has 0 amide bonds. The Balaban J connectivity index is 2.37. The van der Waals surface area contributed by atoms with E-state index >= 15 is 0 Å². The molecule has 0 atom stereocenters. The minimum atomic E-state index is -3.11. The number of hydrogen-bond donors (Lipinski definition) is 1. The van der Waals surface area contributed by atoms with Crippen molar-refractivity contribution in [2.45, 2.75) is 57.4 Å². The Morgan fingerprint density at radius 3 is 2.19 bits per heavy atom. The topological polar surface area (TPSA) is 46.2 Å². The molecule has 1 aliphatic carbocycles. The molecule has 0 radical (unpaired) electrons. The highest BCUT2D eigenvalue weighted by atomic mass is 35.5. The van der Waals surface area contributed by atoms with Crippen LogP contribution in [-0.4, -0.2) is 26.1 Å². The van der Waals surface area contributed by atoms with E-state index in [9.17, 15) is 8.42 Å². The van der Waals surface area contributed by atoms with Gasteiger partial charge >= 0.3 is 0 Å². The van der Waals surface area contributed by atoms with Gasteiger partial charge in [0.1, 0.15) is 0 Å². The first-order chi connectivity index (χ1) is 7.64. The number of halogens is 1. The summed E-state index contributed by atoms with van der Waals surface area (Å²) in [5, 5.41) is 0. The summed E-state index contributed by atoms with van der Waals surface area (Å²) >= 11 is 5.51. The molecular weight excluding hydrogens is 246 g/mol. The van der Waals surface area contributed by atoms with Crippen LogP contribution < -0.4 is 4.72 Å². The molecule has 1 fully saturated rings. The van der Waals surface area contributed by atoms with Gasteiger partial charge in [0.15, 0.2) is 0 Å². The number of sulfonamides is 1. The maximum atomic E-state index is 11.7. The summed E-state index contributed by atoms with van der Waals surface area (Å²) in [6, 6.07) is 0.153. The first-order valence-electron chi connectivity index (χ1n) is 6.20. The second-order valence-electron chi connectivity index (χ2n) is 4.52. The van der Waals surface area contributed by atoms with E-state index in [0.717, 1.165) is 25.7 Å². The quantitative estimate of drug-likeness (QED) is 0.779. The highest BCUT2D eigenvalue weighted by Gasteiger charge is 2.18. The molecule has 1 N–H and O–H groups in total. The zero-order valence-corrected chi connectivity index (χ0v) is 11.3. The molecule has 5 heteroatoms. The zero-order valence-electron chi connectivity index (χ0n) is 9.75. The van der Waals surface area contributed by atoms with Gasteiger partial charge in [-0.1, -0.05) is 32.1 Å². The molecule has 16 heavy (non-hydrogen) atoms. The van der Waals surface area contributed by atoms with E-state index in [1.165, 1.54) is 19.3 Å². The first kappa shape index (κ1) is 14.3. The van der Waals surface area contributed by atoms with Crippen molar-refractivity contribution < 1.29 is 8.42 Å². The van der Waals surface area contributed by atoms with Crippen LogP contribution in [0.15, 0.2) is 0 Å². The summed E-state index contributed by atoms with van der Waals surface area (Å²) in [5.41, 5.74) is 0. The SMILES string of the molecule is O=S(=O)(CCCCl)NC1CCCCCCC1. The van der Waals surface area contributed by atoms with Crippen LogP contribution in [0.1, 0.15) is 51.4 Å². The molecule has 0 aromatic heterocycles. The normalized spacial score (nSPS) is 20.3. The average molecular weight is 268 g/mol. The van der Waals surface area contributed by atoms with Gasteiger partial charge in [-0.3, -0.25) is 0 Å². The summed E-state index contributed by atoms with van der Waals surface area (Å²) in [6.07, 6.45) is 8.56. The predicted octanol–water partition coefficient (Wildman–Crippen LogP) is 2.65. The molecule has 0 aromatic carbocycles. The van der Waals surface area contributed by atoms with Crippen LogP contribution in [0.5, 0.6) is 0 Å². The van der Waals surface area contributed by atoms with E-state index in [1.807, 2.05) is 0 Å². The van der Waals surface area contributed by atoms with Gasteiger partial charge in [-0.05, 0) is 19.3 Å². The molecular formula is C11H22ClNO2S. The van der Waals surface area contributed by atoms with Crippen molar-refractivity contribution in [2.24, 2.45) is 0 Å². The molecule has 0 bridgehead atoms. The minimum absolute atomic E-state index is 0.153. The number of hydrogen-bond acceptors (Lipinski definition) is 2. The Hall–Kier alpha value is 0.200. The van der Waals surface area contributed by atoms with Gasteiger partial charge in [-0.25, -0.2) is 13.1 Å². The molecule has 1 saturated carbocycles. The third kappa shape index (κ3) is 6.06. The Morgan fingerprint density at radius 1 is 1.06 bits per heavy atom. The van der Waals surface area contributed by atoms with E-state index in [1.54, 1.807) is 0 Å². The molecule has 0 saturated heterocycles. The van der Waals surface area contributed by atoms with Crippen LogP contribution in [0.4, 0.5) is 0 Å². The van der Waals surface area contributed by atoms with Crippen LogP contribution in [-0.2, 0) is 10.0 Å². The van der Waals surface area contributed by atoms with Crippen molar-refractivity contribution in [1.29, 1.82) is 0 Å². The molecule has 0 aliphatic heterocycles. The number of alkyl halides is 1. The fourth-order valence-corrected chi connectivity index (χ4v) is 3.81. The Morgan fingerprint density at radius 2 is 1.62 bits per heavy atom. The summed E-state index contributed by atoms with van der Waals surface area (Å²) in [4.78, 5) is 0. The summed E-state index contributed by atoms with van der Waals surface area (Å²) < 4.78 is 26.2. The molecule has 96 valence electrons. The molecule has 1 rings (SSSR count). The summed E-state index contributed by atoms with van der Waals surface area (Å²) in [5.74, 6) is 0.568. The van der Waals surface area contributed by atoms with Crippen LogP contribution >= 0.6 is 11.6 Å². The third-order valence-corrected chi connectivity index (χ3v) is 4.78. The monoisotopic (exact) mass is 267 g/mol. The molecule has 3 nitrogen and oxygen atoms in total. The fraction of sp³-hybridized carbons (Fsp3) is 1.00. The smallest absolute Gasteiger partial charge is 0.211 e. The molecule has 1 aliphatic rings. The second-order valence-corrected chi connectivity index (χ2v) is 6.77. The zero-order chi connectivity index (χ0) is 11.9. The number of rotatable bonds is 5. The van der Waals surface area contributed by atoms with Crippen LogP contribution in [0.25, 0.3) is 0 Å². The maximum Gasteiger partial charge on any atom is 0.211 e. The van der Waals surface area contributed by atoms with Crippen LogP contribution in [0.2, 0.25) is 0 Å². The molecule has 0 unspecified atom stereocenters. The van der Waals surface area contributed by atoms with Gasteiger partial charge in [0.25, 0.3) is 0 Å². The Labute approximate surface area is 104 Å². The second kappa shape index (κ2) is 7.51. The lowest BCUT2D eigenvalue weighted by molar-refractivity contribution is 0.426. The molecule has 0 aromatic rings. The molecule has 0 spiro atoms. The highest BCUT2D eigenvalue weighted by molar-refractivity contribution is 7.89. The fourth-order valence-electron chi connectivity index (χ4n) is 2.13. The summed E-state index contributed by atoms with van der Waals surface area (Å²) in [6.45, 7) is 0. The maximum absolute atomic E-state index is 11.7. The largest absolute Gasteiger partial charge is 0.212 e. The van der Waals surface area contributed by atoms with Crippen molar-refractivity contribution in [1.82, 2.24) is 4.72 Å². The van der Waals surface area contributed by atoms with Crippen molar-refractivity contribution in [3.8, 4) is 0 Å². The lowest BCUT2D eigenvalue weighted by Crippen LogP contribution is -2.36. The average Bonchev–Trinajstić information content (AvgIpc) is 2.19. The lowest BCUT2D eigenvalue weighted by atomic mass is 9.97. The van der Waals surface area contributed by atoms with Crippen molar-refractivity contribution in [3.05, 3.63) is 0 Å². The van der Waals surface area contributed by atoms with E-state index in [4.69, 9.17) is 11.6 Å². The highest BCUT2D eigenvalue weighted by Crippen LogP contribution is 2.17.